The highest BCUT2D eigenvalue weighted by Crippen LogP contribution is 2.27. The number of nitrogens with one attached hydrogen (secondary N) is 1. The van der Waals surface area contributed by atoms with E-state index in [1.54, 1.807) is 20.1 Å². The highest BCUT2D eigenvalue weighted by Gasteiger charge is 2.12. The number of methoxy groups -OCH3 is 1. The van der Waals surface area contributed by atoms with Crippen LogP contribution < -0.4 is 10.1 Å². The van der Waals surface area contributed by atoms with Crippen molar-refractivity contribution in [1.82, 2.24) is 5.32 Å². The Balaban J connectivity index is 2.80. The van der Waals surface area contributed by atoms with Crippen LogP contribution in [0.5, 0.6) is 5.75 Å². The summed E-state index contributed by atoms with van der Waals surface area (Å²) in [5.74, 6) is 0.801. The van der Waals surface area contributed by atoms with Crippen molar-refractivity contribution in [3.8, 4) is 5.75 Å². The third-order valence-electron chi connectivity index (χ3n) is 2.38. The Hall–Kier alpha value is -0.770. The second-order valence-corrected chi connectivity index (χ2v) is 4.30. The Kier molecular flexibility index (Phi) is 5.06. The standard InChI is InChI=1S/C12H18ClNO2/c1-8(15)7-14-9(2)11-6-10(13)4-5-12(11)16-3/h4-6,8-9,14-15H,7H2,1-3H3. The largest absolute Gasteiger partial charge is 0.496 e. The van der Waals surface area contributed by atoms with Crippen LogP contribution >= 0.6 is 11.6 Å². The van der Waals surface area contributed by atoms with Crippen LogP contribution in [0.3, 0.4) is 0 Å². The first kappa shape index (κ1) is 13.3. The van der Waals surface area contributed by atoms with Crippen molar-refractivity contribution in [1.29, 1.82) is 0 Å². The van der Waals surface area contributed by atoms with Crippen LogP contribution in [0.15, 0.2) is 18.2 Å². The third kappa shape index (κ3) is 3.67. The molecule has 2 atom stereocenters. The van der Waals surface area contributed by atoms with Crippen LogP contribution in [-0.2, 0) is 0 Å². The van der Waals surface area contributed by atoms with E-state index in [4.69, 9.17) is 16.3 Å². The van der Waals surface area contributed by atoms with Gasteiger partial charge in [-0.15, -0.1) is 0 Å². The van der Waals surface area contributed by atoms with Gasteiger partial charge in [-0.1, -0.05) is 11.6 Å². The molecule has 1 aromatic carbocycles. The minimum Gasteiger partial charge on any atom is -0.496 e. The lowest BCUT2D eigenvalue weighted by molar-refractivity contribution is 0.187. The molecule has 0 saturated heterocycles. The van der Waals surface area contributed by atoms with Gasteiger partial charge in [-0.25, -0.2) is 0 Å². The van der Waals surface area contributed by atoms with Crippen molar-refractivity contribution < 1.29 is 9.84 Å². The average molecular weight is 244 g/mol. The maximum Gasteiger partial charge on any atom is 0.123 e. The van der Waals surface area contributed by atoms with Crippen molar-refractivity contribution in [3.63, 3.8) is 0 Å². The molecule has 0 bridgehead atoms. The van der Waals surface area contributed by atoms with Crippen LogP contribution in [0, 0.1) is 0 Å². The zero-order valence-electron chi connectivity index (χ0n) is 9.83. The molecule has 16 heavy (non-hydrogen) atoms. The number of aliphatic hydroxyl groups is 1. The molecule has 0 heterocycles. The normalized spacial score (nSPS) is 14.6. The summed E-state index contributed by atoms with van der Waals surface area (Å²) < 4.78 is 5.27. The van der Waals surface area contributed by atoms with E-state index >= 15 is 0 Å². The fourth-order valence-electron chi connectivity index (χ4n) is 1.50. The monoisotopic (exact) mass is 243 g/mol. The first-order valence-electron chi connectivity index (χ1n) is 5.29. The van der Waals surface area contributed by atoms with Gasteiger partial charge in [0.25, 0.3) is 0 Å². The molecule has 90 valence electrons. The molecule has 0 fully saturated rings. The highest BCUT2D eigenvalue weighted by molar-refractivity contribution is 6.30. The molecular weight excluding hydrogens is 226 g/mol. The SMILES string of the molecule is COc1ccc(Cl)cc1C(C)NCC(C)O. The van der Waals surface area contributed by atoms with Gasteiger partial charge < -0.3 is 15.2 Å². The van der Waals surface area contributed by atoms with Gasteiger partial charge in [0.1, 0.15) is 5.75 Å². The molecule has 2 unspecified atom stereocenters. The third-order valence-corrected chi connectivity index (χ3v) is 2.61. The fraction of sp³-hybridized carbons (Fsp3) is 0.500. The highest BCUT2D eigenvalue weighted by atomic mass is 35.5. The Morgan fingerprint density at radius 2 is 2.12 bits per heavy atom. The number of rotatable bonds is 5. The molecule has 0 spiro atoms. The molecule has 0 saturated carbocycles. The van der Waals surface area contributed by atoms with Crippen molar-refractivity contribution in [2.75, 3.05) is 13.7 Å². The summed E-state index contributed by atoms with van der Waals surface area (Å²) in [7, 11) is 1.63. The van der Waals surface area contributed by atoms with Crippen molar-refractivity contribution >= 4 is 11.6 Å². The topological polar surface area (TPSA) is 41.5 Å². The number of halogens is 1. The summed E-state index contributed by atoms with van der Waals surface area (Å²) in [6.45, 7) is 4.29. The van der Waals surface area contributed by atoms with E-state index in [2.05, 4.69) is 5.32 Å². The number of aliphatic hydroxyl groups excluding tert-OH is 1. The summed E-state index contributed by atoms with van der Waals surface area (Å²) in [4.78, 5) is 0. The molecule has 2 N–H and O–H groups in total. The zero-order valence-corrected chi connectivity index (χ0v) is 10.6. The average Bonchev–Trinajstić information content (AvgIpc) is 2.25. The van der Waals surface area contributed by atoms with Gasteiger partial charge in [0.05, 0.1) is 13.2 Å². The maximum atomic E-state index is 9.21. The van der Waals surface area contributed by atoms with Crippen molar-refractivity contribution in [3.05, 3.63) is 28.8 Å². The molecule has 0 radical (unpaired) electrons. The van der Waals surface area contributed by atoms with E-state index in [-0.39, 0.29) is 12.1 Å². The number of benzene rings is 1. The Bertz CT molecular complexity index is 342. The van der Waals surface area contributed by atoms with E-state index in [1.807, 2.05) is 19.1 Å². The molecule has 0 aliphatic carbocycles. The van der Waals surface area contributed by atoms with Crippen molar-refractivity contribution in [2.24, 2.45) is 0 Å². The molecule has 0 aliphatic rings. The first-order chi connectivity index (χ1) is 7.54. The summed E-state index contributed by atoms with van der Waals surface area (Å²) in [6.07, 6.45) is -0.368. The Labute approximate surface area is 101 Å². The number of hydrogen-bond donors (Lipinski definition) is 2. The lowest BCUT2D eigenvalue weighted by atomic mass is 10.1. The smallest absolute Gasteiger partial charge is 0.123 e. The Morgan fingerprint density at radius 3 is 2.69 bits per heavy atom. The molecule has 0 aromatic heterocycles. The molecule has 4 heteroatoms. The van der Waals surface area contributed by atoms with Gasteiger partial charge in [0.15, 0.2) is 0 Å². The summed E-state index contributed by atoms with van der Waals surface area (Å²) in [5, 5.41) is 13.1. The number of hydrogen-bond acceptors (Lipinski definition) is 3. The van der Waals surface area contributed by atoms with E-state index in [9.17, 15) is 5.11 Å². The van der Waals surface area contributed by atoms with E-state index in [1.165, 1.54) is 0 Å². The number of ether oxygens (including phenoxy) is 1. The lowest BCUT2D eigenvalue weighted by Gasteiger charge is -2.18. The second-order valence-electron chi connectivity index (χ2n) is 3.87. The van der Waals surface area contributed by atoms with Gasteiger partial charge >= 0.3 is 0 Å². The second kappa shape index (κ2) is 6.09. The van der Waals surface area contributed by atoms with Crippen LogP contribution in [-0.4, -0.2) is 24.9 Å². The van der Waals surface area contributed by atoms with Gasteiger partial charge in [0.2, 0.25) is 0 Å². The minimum atomic E-state index is -0.368. The molecule has 3 nitrogen and oxygen atoms in total. The molecule has 0 amide bonds. The van der Waals surface area contributed by atoms with E-state index < -0.39 is 0 Å². The van der Waals surface area contributed by atoms with Crippen LogP contribution in [0.1, 0.15) is 25.5 Å². The molecular formula is C12H18ClNO2. The van der Waals surface area contributed by atoms with Gasteiger partial charge in [0, 0.05) is 23.2 Å². The van der Waals surface area contributed by atoms with Gasteiger partial charge in [-0.05, 0) is 32.0 Å². The van der Waals surface area contributed by atoms with Crippen LogP contribution in [0.4, 0.5) is 0 Å². The van der Waals surface area contributed by atoms with E-state index in [0.29, 0.717) is 11.6 Å². The molecule has 0 aliphatic heterocycles. The summed E-state index contributed by atoms with van der Waals surface area (Å²) >= 11 is 5.95. The molecule has 1 rings (SSSR count). The van der Waals surface area contributed by atoms with Crippen LogP contribution in [0.2, 0.25) is 5.02 Å². The predicted molar refractivity (Wildman–Crippen MR) is 66.1 cm³/mol. The quantitative estimate of drug-likeness (QED) is 0.835. The molecule has 1 aromatic rings. The Morgan fingerprint density at radius 1 is 1.44 bits per heavy atom. The van der Waals surface area contributed by atoms with Gasteiger partial charge in [-0.3, -0.25) is 0 Å². The summed E-state index contributed by atoms with van der Waals surface area (Å²) in [5.41, 5.74) is 0.996. The van der Waals surface area contributed by atoms with Crippen LogP contribution in [0.25, 0.3) is 0 Å². The predicted octanol–water partition coefficient (Wildman–Crippen LogP) is 2.38. The van der Waals surface area contributed by atoms with Gasteiger partial charge in [-0.2, -0.15) is 0 Å². The fourth-order valence-corrected chi connectivity index (χ4v) is 1.68. The summed E-state index contributed by atoms with van der Waals surface area (Å²) in [6, 6.07) is 5.60. The van der Waals surface area contributed by atoms with Crippen molar-refractivity contribution in [2.45, 2.75) is 26.0 Å². The van der Waals surface area contributed by atoms with E-state index in [0.717, 1.165) is 11.3 Å². The minimum absolute atomic E-state index is 0.0863. The lowest BCUT2D eigenvalue weighted by Crippen LogP contribution is -2.27. The maximum absolute atomic E-state index is 9.21. The zero-order chi connectivity index (χ0) is 12.1. The first-order valence-corrected chi connectivity index (χ1v) is 5.67.